The second kappa shape index (κ2) is 6.01. The summed E-state index contributed by atoms with van der Waals surface area (Å²) in [4.78, 5) is 13.3. The summed E-state index contributed by atoms with van der Waals surface area (Å²) in [5.41, 5.74) is 10.0. The number of carbonyl (C=O) groups excluding carboxylic acids is 1. The van der Waals surface area contributed by atoms with Gasteiger partial charge in [-0.15, -0.1) is 11.8 Å². The van der Waals surface area contributed by atoms with Crippen LogP contribution in [0.2, 0.25) is 0 Å². The molecule has 0 atom stereocenters. The topological polar surface area (TPSA) is 55.1 Å². The molecule has 0 saturated heterocycles. The van der Waals surface area contributed by atoms with E-state index in [0.717, 1.165) is 16.0 Å². The van der Waals surface area contributed by atoms with E-state index >= 15 is 0 Å². The molecule has 0 unspecified atom stereocenters. The predicted molar refractivity (Wildman–Crippen MR) is 86.5 cm³/mol. The molecule has 0 aliphatic rings. The first-order valence-corrected chi connectivity index (χ1v) is 7.56. The molecular formula is C16H18N2OS. The maximum absolute atomic E-state index is 12.2. The van der Waals surface area contributed by atoms with E-state index in [1.54, 1.807) is 11.8 Å². The molecule has 104 valence electrons. The number of hydrogen-bond acceptors (Lipinski definition) is 3. The Balaban J connectivity index is 2.20. The van der Waals surface area contributed by atoms with Crippen LogP contribution in [0.25, 0.3) is 0 Å². The Kier molecular flexibility index (Phi) is 4.35. The van der Waals surface area contributed by atoms with Crippen molar-refractivity contribution in [1.29, 1.82) is 0 Å². The first-order valence-electron chi connectivity index (χ1n) is 6.33. The molecule has 1 amide bonds. The second-order valence-electron chi connectivity index (χ2n) is 4.71. The lowest BCUT2D eigenvalue weighted by atomic mass is 10.1. The molecule has 2 rings (SSSR count). The van der Waals surface area contributed by atoms with Crippen molar-refractivity contribution in [2.75, 3.05) is 17.3 Å². The smallest absolute Gasteiger partial charge is 0.255 e. The summed E-state index contributed by atoms with van der Waals surface area (Å²) in [7, 11) is 0. The molecule has 0 bridgehead atoms. The van der Waals surface area contributed by atoms with Crippen molar-refractivity contribution >= 4 is 29.0 Å². The summed E-state index contributed by atoms with van der Waals surface area (Å²) in [5.74, 6) is -0.146. The van der Waals surface area contributed by atoms with Gasteiger partial charge < -0.3 is 11.1 Å². The number of nitrogens with two attached hydrogens (primary N) is 1. The normalized spacial score (nSPS) is 10.3. The first-order chi connectivity index (χ1) is 9.51. The molecule has 0 aromatic heterocycles. The molecule has 4 heteroatoms. The fraction of sp³-hybridized carbons (Fsp3) is 0.188. The number of nitrogen functional groups attached to an aromatic ring is 1. The molecule has 0 fully saturated rings. The average Bonchev–Trinajstić information content (AvgIpc) is 2.44. The van der Waals surface area contributed by atoms with Gasteiger partial charge in [0.2, 0.25) is 0 Å². The zero-order valence-electron chi connectivity index (χ0n) is 11.9. The van der Waals surface area contributed by atoms with Crippen molar-refractivity contribution in [3.05, 3.63) is 53.1 Å². The molecule has 3 N–H and O–H groups in total. The van der Waals surface area contributed by atoms with Crippen LogP contribution in [0, 0.1) is 13.8 Å². The number of benzene rings is 2. The van der Waals surface area contributed by atoms with E-state index in [9.17, 15) is 4.79 Å². The highest BCUT2D eigenvalue weighted by molar-refractivity contribution is 7.98. The maximum atomic E-state index is 12.2. The monoisotopic (exact) mass is 286 g/mol. The van der Waals surface area contributed by atoms with Gasteiger partial charge in [-0.2, -0.15) is 0 Å². The Hall–Kier alpha value is -1.94. The van der Waals surface area contributed by atoms with Gasteiger partial charge in [-0.3, -0.25) is 4.79 Å². The Morgan fingerprint density at radius 3 is 2.30 bits per heavy atom. The summed E-state index contributed by atoms with van der Waals surface area (Å²) in [5, 5.41) is 2.86. The zero-order chi connectivity index (χ0) is 14.7. The third-order valence-electron chi connectivity index (χ3n) is 3.27. The quantitative estimate of drug-likeness (QED) is 0.665. The lowest BCUT2D eigenvalue weighted by Crippen LogP contribution is -2.13. The van der Waals surface area contributed by atoms with Crippen LogP contribution in [0.1, 0.15) is 21.5 Å². The van der Waals surface area contributed by atoms with Crippen molar-refractivity contribution in [3.63, 3.8) is 0 Å². The molecule has 3 nitrogen and oxygen atoms in total. The number of amides is 1. The van der Waals surface area contributed by atoms with Crippen LogP contribution in [0.3, 0.4) is 0 Å². The van der Waals surface area contributed by atoms with Gasteiger partial charge in [-0.25, -0.2) is 0 Å². The third-order valence-corrected chi connectivity index (χ3v) is 4.01. The number of rotatable bonds is 3. The van der Waals surface area contributed by atoms with Gasteiger partial charge in [0, 0.05) is 10.5 Å². The Morgan fingerprint density at radius 1 is 1.10 bits per heavy atom. The van der Waals surface area contributed by atoms with Gasteiger partial charge in [-0.1, -0.05) is 0 Å². The highest BCUT2D eigenvalue weighted by atomic mass is 32.2. The summed E-state index contributed by atoms with van der Waals surface area (Å²) in [6.07, 6.45) is 2.00. The van der Waals surface area contributed by atoms with Crippen LogP contribution in [0.5, 0.6) is 0 Å². The Bertz CT molecular complexity index is 636. The number of carbonyl (C=O) groups is 1. The standard InChI is InChI=1S/C16H18N2OS/c1-10-8-14(17)15(9-11(10)2)18-16(19)12-4-6-13(20-3)7-5-12/h4-9H,17H2,1-3H3,(H,18,19). The third kappa shape index (κ3) is 3.14. The van der Waals surface area contributed by atoms with E-state index < -0.39 is 0 Å². The number of anilines is 2. The number of nitrogens with one attached hydrogen (secondary N) is 1. The van der Waals surface area contributed by atoms with E-state index in [2.05, 4.69) is 5.32 Å². The molecule has 0 heterocycles. The van der Waals surface area contributed by atoms with Crippen molar-refractivity contribution in [3.8, 4) is 0 Å². The van der Waals surface area contributed by atoms with E-state index in [-0.39, 0.29) is 5.91 Å². The average molecular weight is 286 g/mol. The predicted octanol–water partition coefficient (Wildman–Crippen LogP) is 3.86. The largest absolute Gasteiger partial charge is 0.397 e. The van der Waals surface area contributed by atoms with Crippen molar-refractivity contribution in [2.24, 2.45) is 0 Å². The maximum Gasteiger partial charge on any atom is 0.255 e. The van der Waals surface area contributed by atoms with Crippen molar-refractivity contribution in [2.45, 2.75) is 18.7 Å². The Labute approximate surface area is 123 Å². The van der Waals surface area contributed by atoms with E-state index in [1.807, 2.05) is 56.5 Å². The van der Waals surface area contributed by atoms with Crippen LogP contribution in [-0.2, 0) is 0 Å². The number of aryl methyl sites for hydroxylation is 2. The highest BCUT2D eigenvalue weighted by Gasteiger charge is 2.09. The summed E-state index contributed by atoms with van der Waals surface area (Å²) < 4.78 is 0. The molecule has 2 aromatic carbocycles. The highest BCUT2D eigenvalue weighted by Crippen LogP contribution is 2.24. The lowest BCUT2D eigenvalue weighted by Gasteiger charge is -2.11. The van der Waals surface area contributed by atoms with Crippen LogP contribution in [-0.4, -0.2) is 12.2 Å². The fourth-order valence-electron chi connectivity index (χ4n) is 1.88. The Morgan fingerprint density at radius 2 is 1.70 bits per heavy atom. The molecule has 0 aliphatic heterocycles. The van der Waals surface area contributed by atoms with E-state index in [4.69, 9.17) is 5.73 Å². The van der Waals surface area contributed by atoms with Crippen molar-refractivity contribution < 1.29 is 4.79 Å². The van der Waals surface area contributed by atoms with Gasteiger partial charge in [0.15, 0.2) is 0 Å². The van der Waals surface area contributed by atoms with E-state index in [0.29, 0.717) is 16.9 Å². The minimum absolute atomic E-state index is 0.146. The summed E-state index contributed by atoms with van der Waals surface area (Å²) >= 11 is 1.65. The molecule has 2 aromatic rings. The van der Waals surface area contributed by atoms with Gasteiger partial charge in [0.25, 0.3) is 5.91 Å². The molecule has 0 aliphatic carbocycles. The van der Waals surface area contributed by atoms with Gasteiger partial charge in [0.1, 0.15) is 0 Å². The minimum Gasteiger partial charge on any atom is -0.397 e. The minimum atomic E-state index is -0.146. The molecular weight excluding hydrogens is 268 g/mol. The second-order valence-corrected chi connectivity index (χ2v) is 5.59. The molecule has 20 heavy (non-hydrogen) atoms. The molecule has 0 saturated carbocycles. The molecule has 0 radical (unpaired) electrons. The van der Waals surface area contributed by atoms with Crippen LogP contribution < -0.4 is 11.1 Å². The van der Waals surface area contributed by atoms with Gasteiger partial charge >= 0.3 is 0 Å². The first kappa shape index (κ1) is 14.5. The van der Waals surface area contributed by atoms with Gasteiger partial charge in [0.05, 0.1) is 11.4 Å². The van der Waals surface area contributed by atoms with Gasteiger partial charge in [-0.05, 0) is 67.6 Å². The zero-order valence-corrected chi connectivity index (χ0v) is 12.7. The molecule has 0 spiro atoms. The van der Waals surface area contributed by atoms with Crippen LogP contribution >= 0.6 is 11.8 Å². The summed E-state index contributed by atoms with van der Waals surface area (Å²) in [6, 6.07) is 11.3. The van der Waals surface area contributed by atoms with Crippen molar-refractivity contribution in [1.82, 2.24) is 0 Å². The number of hydrogen-bond donors (Lipinski definition) is 2. The summed E-state index contributed by atoms with van der Waals surface area (Å²) in [6.45, 7) is 4.00. The fourth-order valence-corrected chi connectivity index (χ4v) is 2.29. The van der Waals surface area contributed by atoms with Crippen LogP contribution in [0.4, 0.5) is 11.4 Å². The van der Waals surface area contributed by atoms with Crippen LogP contribution in [0.15, 0.2) is 41.3 Å². The van der Waals surface area contributed by atoms with E-state index in [1.165, 1.54) is 0 Å². The SMILES string of the molecule is CSc1ccc(C(=O)Nc2cc(C)c(C)cc2N)cc1. The lowest BCUT2D eigenvalue weighted by molar-refractivity contribution is 0.102. The number of thioether (sulfide) groups is 1.